The van der Waals surface area contributed by atoms with Gasteiger partial charge in [-0.05, 0) is 71.7 Å². The SMILES string of the molecule is C1=c2ccccc2=c2c1cc1c3ccccc3cc3cccc2c31. The fourth-order valence-corrected chi connectivity index (χ4v) is 4.34. The Labute approximate surface area is 139 Å². The maximum absolute atomic E-state index is 2.38. The van der Waals surface area contributed by atoms with E-state index in [2.05, 4.69) is 84.9 Å². The van der Waals surface area contributed by atoms with Gasteiger partial charge in [0.25, 0.3) is 0 Å². The van der Waals surface area contributed by atoms with Crippen molar-refractivity contribution in [3.8, 4) is 0 Å². The molecule has 6 rings (SSSR count). The fourth-order valence-electron chi connectivity index (χ4n) is 4.34. The van der Waals surface area contributed by atoms with Crippen LogP contribution < -0.4 is 5.22 Å². The van der Waals surface area contributed by atoms with Gasteiger partial charge in [-0.2, -0.15) is 0 Å². The Bertz CT molecular complexity index is 1440. The lowest BCUT2D eigenvalue weighted by atomic mass is 9.92. The molecule has 0 atom stereocenters. The topological polar surface area (TPSA) is 0 Å². The molecule has 5 aromatic carbocycles. The first-order valence-corrected chi connectivity index (χ1v) is 8.38. The average molecular weight is 302 g/mol. The van der Waals surface area contributed by atoms with E-state index < -0.39 is 0 Å². The third kappa shape index (κ3) is 1.43. The van der Waals surface area contributed by atoms with Gasteiger partial charge >= 0.3 is 0 Å². The van der Waals surface area contributed by atoms with Crippen molar-refractivity contribution in [3.63, 3.8) is 0 Å². The van der Waals surface area contributed by atoms with Crippen molar-refractivity contribution in [3.05, 3.63) is 100 Å². The summed E-state index contributed by atoms with van der Waals surface area (Å²) in [6.45, 7) is 0. The molecule has 0 amide bonds. The van der Waals surface area contributed by atoms with Gasteiger partial charge in [0.05, 0.1) is 0 Å². The normalized spacial score (nSPS) is 12.5. The van der Waals surface area contributed by atoms with Crippen LogP contribution in [0.4, 0.5) is 0 Å². The molecule has 0 nitrogen and oxygen atoms in total. The van der Waals surface area contributed by atoms with E-state index in [4.69, 9.17) is 0 Å². The summed E-state index contributed by atoms with van der Waals surface area (Å²) in [6.07, 6.45) is 2.33. The molecule has 0 unspecified atom stereocenters. The monoisotopic (exact) mass is 302 g/mol. The summed E-state index contributed by atoms with van der Waals surface area (Å²) in [5.74, 6) is 0. The van der Waals surface area contributed by atoms with Gasteiger partial charge < -0.3 is 0 Å². The van der Waals surface area contributed by atoms with Gasteiger partial charge in [0.2, 0.25) is 0 Å². The number of rotatable bonds is 0. The molecule has 1 aliphatic carbocycles. The molecule has 5 aromatic rings. The highest BCUT2D eigenvalue weighted by atomic mass is 14.2. The summed E-state index contributed by atoms with van der Waals surface area (Å²) in [7, 11) is 0. The van der Waals surface area contributed by atoms with E-state index in [-0.39, 0.29) is 0 Å². The van der Waals surface area contributed by atoms with Gasteiger partial charge in [0, 0.05) is 0 Å². The highest BCUT2D eigenvalue weighted by Crippen LogP contribution is 2.36. The summed E-state index contributed by atoms with van der Waals surface area (Å²) in [4.78, 5) is 0. The van der Waals surface area contributed by atoms with Crippen molar-refractivity contribution >= 4 is 38.4 Å². The van der Waals surface area contributed by atoms with Gasteiger partial charge in [-0.1, -0.05) is 66.7 Å². The minimum Gasteiger partial charge on any atom is -0.0616 e. The van der Waals surface area contributed by atoms with E-state index in [0.717, 1.165) is 0 Å². The number of benzene rings is 5. The first kappa shape index (κ1) is 12.3. The molecular formula is C24H14. The van der Waals surface area contributed by atoms with Crippen molar-refractivity contribution in [2.24, 2.45) is 0 Å². The molecular weight excluding hydrogens is 288 g/mol. The highest BCUT2D eigenvalue weighted by molar-refractivity contribution is 6.22. The van der Waals surface area contributed by atoms with Crippen molar-refractivity contribution in [2.45, 2.75) is 0 Å². The lowest BCUT2D eigenvalue weighted by Gasteiger charge is -2.11. The zero-order valence-corrected chi connectivity index (χ0v) is 13.1. The second-order valence-electron chi connectivity index (χ2n) is 6.62. The van der Waals surface area contributed by atoms with Gasteiger partial charge in [-0.3, -0.25) is 0 Å². The summed E-state index contributed by atoms with van der Waals surface area (Å²) in [6, 6.07) is 28.8. The van der Waals surface area contributed by atoms with E-state index in [1.54, 1.807) is 0 Å². The van der Waals surface area contributed by atoms with E-state index in [0.29, 0.717) is 0 Å². The Morgan fingerprint density at radius 2 is 1.33 bits per heavy atom. The van der Waals surface area contributed by atoms with Crippen LogP contribution in [0.3, 0.4) is 0 Å². The van der Waals surface area contributed by atoms with Crippen LogP contribution in [0.25, 0.3) is 38.4 Å². The molecule has 0 bridgehead atoms. The number of hydrogen-bond donors (Lipinski definition) is 0. The van der Waals surface area contributed by atoms with Crippen LogP contribution in [0, 0.1) is 10.4 Å². The fraction of sp³-hybridized carbons (Fsp3) is 0. The van der Waals surface area contributed by atoms with E-state index in [1.807, 2.05) is 0 Å². The molecule has 0 saturated heterocycles. The Morgan fingerprint density at radius 3 is 2.33 bits per heavy atom. The molecule has 0 radical (unpaired) electrons. The number of hydrogen-bond acceptors (Lipinski definition) is 0. The van der Waals surface area contributed by atoms with Crippen LogP contribution in [0.15, 0.2) is 78.9 Å². The first-order chi connectivity index (χ1) is 11.9. The molecule has 0 N–H and O–H groups in total. The summed E-state index contributed by atoms with van der Waals surface area (Å²) >= 11 is 0. The van der Waals surface area contributed by atoms with E-state index in [1.165, 1.54) is 53.5 Å². The Hall–Kier alpha value is -3.12. The maximum atomic E-state index is 2.38. The van der Waals surface area contributed by atoms with Crippen LogP contribution in [0.1, 0.15) is 5.56 Å². The van der Waals surface area contributed by atoms with Gasteiger partial charge in [-0.25, -0.2) is 0 Å². The van der Waals surface area contributed by atoms with Crippen LogP contribution in [0.2, 0.25) is 0 Å². The molecule has 0 heteroatoms. The standard InChI is InChI=1S/C24H14/c1-3-9-19-15(6-1)12-17-8-5-11-21-23(17)22(19)14-18-13-16-7-2-4-10-20(16)24(18)21/h1-14H. The molecule has 0 heterocycles. The summed E-state index contributed by atoms with van der Waals surface area (Å²) in [5, 5.41) is 12.2. The Morgan fingerprint density at radius 1 is 0.542 bits per heavy atom. The van der Waals surface area contributed by atoms with Gasteiger partial charge in [0.1, 0.15) is 0 Å². The second-order valence-corrected chi connectivity index (χ2v) is 6.62. The predicted molar refractivity (Wildman–Crippen MR) is 102 cm³/mol. The molecule has 24 heavy (non-hydrogen) atoms. The smallest absolute Gasteiger partial charge is 0.00257 e. The minimum absolute atomic E-state index is 1.31. The van der Waals surface area contributed by atoms with E-state index >= 15 is 0 Å². The van der Waals surface area contributed by atoms with Crippen LogP contribution >= 0.6 is 0 Å². The number of fused-ring (bicyclic) bond motifs is 5. The Balaban J connectivity index is 2.03. The highest BCUT2D eigenvalue weighted by Gasteiger charge is 2.12. The molecule has 0 fully saturated rings. The quantitative estimate of drug-likeness (QED) is 0.264. The second kappa shape index (κ2) is 4.24. The van der Waals surface area contributed by atoms with Gasteiger partial charge in [0.15, 0.2) is 0 Å². The Kier molecular flexibility index (Phi) is 2.18. The van der Waals surface area contributed by atoms with Crippen LogP contribution in [-0.2, 0) is 0 Å². The summed E-state index contributed by atoms with van der Waals surface area (Å²) in [5.41, 5.74) is 1.34. The van der Waals surface area contributed by atoms with Crippen molar-refractivity contribution in [1.82, 2.24) is 0 Å². The summed E-state index contributed by atoms with van der Waals surface area (Å²) < 4.78 is 0. The third-order valence-corrected chi connectivity index (χ3v) is 5.33. The molecule has 0 aliphatic heterocycles. The molecule has 0 aromatic heterocycles. The maximum Gasteiger partial charge on any atom is -0.00257 e. The molecule has 110 valence electrons. The van der Waals surface area contributed by atoms with E-state index in [9.17, 15) is 0 Å². The van der Waals surface area contributed by atoms with Gasteiger partial charge in [-0.15, -0.1) is 0 Å². The zero-order chi connectivity index (χ0) is 15.7. The van der Waals surface area contributed by atoms with Crippen molar-refractivity contribution in [2.75, 3.05) is 0 Å². The molecule has 0 spiro atoms. The first-order valence-electron chi connectivity index (χ1n) is 8.38. The predicted octanol–water partition coefficient (Wildman–Crippen LogP) is 5.29. The van der Waals surface area contributed by atoms with Crippen LogP contribution in [-0.4, -0.2) is 0 Å². The average Bonchev–Trinajstić information content (AvgIpc) is 3.00. The molecule has 0 saturated carbocycles. The lowest BCUT2D eigenvalue weighted by Crippen LogP contribution is -1.97. The minimum atomic E-state index is 1.31. The lowest BCUT2D eigenvalue weighted by molar-refractivity contribution is 1.51. The van der Waals surface area contributed by atoms with Crippen molar-refractivity contribution in [1.29, 1.82) is 0 Å². The molecule has 1 aliphatic rings. The third-order valence-electron chi connectivity index (χ3n) is 5.33. The van der Waals surface area contributed by atoms with Crippen LogP contribution in [0.5, 0.6) is 0 Å². The largest absolute Gasteiger partial charge is 0.0616 e. The van der Waals surface area contributed by atoms with Crippen molar-refractivity contribution < 1.29 is 0 Å². The zero-order valence-electron chi connectivity index (χ0n) is 13.1.